The molecule has 0 radical (unpaired) electrons. The monoisotopic (exact) mass is 557 g/mol. The second-order valence-corrected chi connectivity index (χ2v) is 7.74. The van der Waals surface area contributed by atoms with Crippen LogP contribution in [0.5, 0.6) is 0 Å². The average Bonchev–Trinajstić information content (AvgIpc) is 3.44. The molecule has 2 aromatic heterocycles. The molecule has 0 spiro atoms. The van der Waals surface area contributed by atoms with Gasteiger partial charge >= 0.3 is 6.18 Å². The Hall–Kier alpha value is -1.34. The van der Waals surface area contributed by atoms with Crippen LogP contribution in [0.3, 0.4) is 0 Å². The summed E-state index contributed by atoms with van der Waals surface area (Å²) < 4.78 is 43.6. The molecule has 0 amide bonds. The minimum Gasteiger partial charge on any atom is -0.468 e. The molecule has 0 bridgehead atoms. The molecule has 0 aliphatic carbocycles. The van der Waals surface area contributed by atoms with Crippen molar-refractivity contribution in [1.82, 2.24) is 20.5 Å². The topological polar surface area (TPSA) is 65.7 Å². The number of nitrogens with one attached hydrogen (secondary N) is 2. The first-order chi connectivity index (χ1) is 14.0. The maximum absolute atomic E-state index is 12.7. The van der Waals surface area contributed by atoms with Crippen LogP contribution in [0.25, 0.3) is 0 Å². The molecule has 11 heteroatoms. The zero-order valence-electron chi connectivity index (χ0n) is 16.7. The molecule has 1 unspecified atom stereocenters. The third-order valence-corrected chi connectivity index (χ3v) is 5.60. The lowest BCUT2D eigenvalue weighted by Crippen LogP contribution is -2.39. The van der Waals surface area contributed by atoms with Gasteiger partial charge in [-0.3, -0.25) is 9.89 Å². The van der Waals surface area contributed by atoms with Gasteiger partial charge in [0.2, 0.25) is 0 Å². The number of halogens is 4. The predicted octanol–water partition coefficient (Wildman–Crippen LogP) is 4.31. The van der Waals surface area contributed by atoms with E-state index in [1.165, 1.54) is 12.8 Å². The molecule has 1 aliphatic heterocycles. The van der Waals surface area contributed by atoms with Crippen molar-refractivity contribution in [2.45, 2.75) is 38.4 Å². The Balaban J connectivity index is 0.00000320. The molecule has 168 valence electrons. The van der Waals surface area contributed by atoms with Crippen molar-refractivity contribution in [1.29, 1.82) is 0 Å². The summed E-state index contributed by atoms with van der Waals surface area (Å²) in [6, 6.07) is 3.94. The van der Waals surface area contributed by atoms with E-state index in [1.807, 2.05) is 19.1 Å². The second-order valence-electron chi connectivity index (χ2n) is 6.79. The van der Waals surface area contributed by atoms with Gasteiger partial charge < -0.3 is 15.1 Å². The molecule has 3 rings (SSSR count). The highest BCUT2D eigenvalue weighted by Crippen LogP contribution is 2.30. The number of aromatic nitrogens is 1. The summed E-state index contributed by atoms with van der Waals surface area (Å²) in [5, 5.41) is 7.87. The van der Waals surface area contributed by atoms with E-state index >= 15 is 0 Å². The largest absolute Gasteiger partial charge is 0.468 e. The van der Waals surface area contributed by atoms with E-state index in [2.05, 4.69) is 25.5 Å². The first-order valence-electron chi connectivity index (χ1n) is 9.78. The van der Waals surface area contributed by atoms with Crippen LogP contribution in [0, 0.1) is 0 Å². The number of hydrogen-bond acceptors (Lipinski definition) is 5. The molecule has 1 saturated heterocycles. The van der Waals surface area contributed by atoms with Gasteiger partial charge in [-0.25, -0.2) is 4.98 Å². The van der Waals surface area contributed by atoms with E-state index in [0.29, 0.717) is 37.0 Å². The zero-order valence-corrected chi connectivity index (χ0v) is 19.9. The Morgan fingerprint density at radius 3 is 2.70 bits per heavy atom. The van der Waals surface area contributed by atoms with Crippen molar-refractivity contribution in [2.24, 2.45) is 4.99 Å². The average molecular weight is 557 g/mol. The Bertz CT molecular complexity index is 775. The van der Waals surface area contributed by atoms with Crippen LogP contribution >= 0.6 is 35.3 Å². The Kier molecular flexibility index (Phi) is 9.88. The highest BCUT2D eigenvalue weighted by Gasteiger charge is 2.33. The van der Waals surface area contributed by atoms with E-state index in [-0.39, 0.29) is 30.0 Å². The van der Waals surface area contributed by atoms with Gasteiger partial charge in [-0.15, -0.1) is 35.3 Å². The fourth-order valence-electron chi connectivity index (χ4n) is 3.28. The third-order valence-electron chi connectivity index (χ3n) is 4.69. The van der Waals surface area contributed by atoms with E-state index in [1.54, 1.807) is 6.26 Å². The molecule has 1 atom stereocenters. The van der Waals surface area contributed by atoms with Gasteiger partial charge in [0.25, 0.3) is 0 Å². The number of nitrogens with zero attached hydrogens (tertiary/aromatic N) is 3. The van der Waals surface area contributed by atoms with Gasteiger partial charge in [0.15, 0.2) is 11.7 Å². The Morgan fingerprint density at radius 2 is 2.10 bits per heavy atom. The summed E-state index contributed by atoms with van der Waals surface area (Å²) in [4.78, 5) is 10.7. The number of aliphatic imine (C=N–C) groups is 1. The fraction of sp³-hybridized carbons (Fsp3) is 0.579. The lowest BCUT2D eigenvalue weighted by Gasteiger charge is -2.24. The molecule has 30 heavy (non-hydrogen) atoms. The van der Waals surface area contributed by atoms with Gasteiger partial charge in [0.05, 0.1) is 23.9 Å². The SMILES string of the molecule is CCNC(=NCC(c1ccco1)N1CCCC1)NCCc1nc(C(F)(F)F)cs1.I. The maximum atomic E-state index is 12.7. The minimum atomic E-state index is -4.39. The predicted molar refractivity (Wildman–Crippen MR) is 122 cm³/mol. The lowest BCUT2D eigenvalue weighted by molar-refractivity contribution is -0.140. The highest BCUT2D eigenvalue weighted by molar-refractivity contribution is 14.0. The molecule has 1 aliphatic rings. The van der Waals surface area contributed by atoms with Crippen LogP contribution in [0.4, 0.5) is 13.2 Å². The summed E-state index contributed by atoms with van der Waals surface area (Å²) >= 11 is 1.02. The molecule has 3 heterocycles. The summed E-state index contributed by atoms with van der Waals surface area (Å²) in [5.74, 6) is 1.53. The van der Waals surface area contributed by atoms with Crippen LogP contribution in [-0.2, 0) is 12.6 Å². The number of hydrogen-bond donors (Lipinski definition) is 2. The molecule has 1 fully saturated rings. The van der Waals surface area contributed by atoms with Crippen molar-refractivity contribution in [3.05, 3.63) is 40.2 Å². The van der Waals surface area contributed by atoms with E-state index in [9.17, 15) is 13.2 Å². The minimum absolute atomic E-state index is 0. The number of likely N-dealkylation sites (tertiary alicyclic amines) is 1. The number of rotatable bonds is 8. The molecule has 0 saturated carbocycles. The quantitative estimate of drug-likeness (QED) is 0.288. The molecular formula is C19H27F3IN5OS. The summed E-state index contributed by atoms with van der Waals surface area (Å²) in [7, 11) is 0. The molecular weight excluding hydrogens is 530 g/mol. The first-order valence-corrected chi connectivity index (χ1v) is 10.7. The molecule has 6 nitrogen and oxygen atoms in total. The first kappa shape index (κ1) is 24.9. The standard InChI is InChI=1S/C19H26F3N5OS.HI/c1-2-23-18(24-8-7-17-26-16(13-29-17)19(20,21)22)25-12-14(15-6-5-11-28-15)27-9-3-4-10-27;/h5-6,11,13-14H,2-4,7-10,12H2,1H3,(H2,23,24,25);1H. The molecule has 0 aromatic carbocycles. The molecule has 2 N–H and O–H groups in total. The summed E-state index contributed by atoms with van der Waals surface area (Å²) in [6.07, 6.45) is 0.0304. The van der Waals surface area contributed by atoms with Crippen molar-refractivity contribution in [3.8, 4) is 0 Å². The highest BCUT2D eigenvalue weighted by atomic mass is 127. The van der Waals surface area contributed by atoms with E-state index in [4.69, 9.17) is 4.42 Å². The van der Waals surface area contributed by atoms with Gasteiger partial charge in [0.1, 0.15) is 5.76 Å². The van der Waals surface area contributed by atoms with Gasteiger partial charge in [-0.05, 0) is 45.0 Å². The number of furan rings is 1. The Labute approximate surface area is 195 Å². The van der Waals surface area contributed by atoms with Crippen LogP contribution in [0.15, 0.2) is 33.2 Å². The van der Waals surface area contributed by atoms with Crippen molar-refractivity contribution in [3.63, 3.8) is 0 Å². The maximum Gasteiger partial charge on any atom is 0.434 e. The van der Waals surface area contributed by atoms with Gasteiger partial charge in [0, 0.05) is 24.9 Å². The summed E-state index contributed by atoms with van der Waals surface area (Å²) in [6.45, 7) is 5.70. The number of thiazole rings is 1. The number of alkyl halides is 3. The molecule has 2 aromatic rings. The Morgan fingerprint density at radius 1 is 1.33 bits per heavy atom. The number of guanidine groups is 1. The second kappa shape index (κ2) is 11.9. The van der Waals surface area contributed by atoms with Crippen LogP contribution in [-0.4, -0.2) is 48.6 Å². The van der Waals surface area contributed by atoms with Crippen molar-refractivity contribution < 1.29 is 17.6 Å². The third kappa shape index (κ3) is 7.12. The van der Waals surface area contributed by atoms with Crippen LogP contribution < -0.4 is 10.6 Å². The van der Waals surface area contributed by atoms with Crippen LogP contribution in [0.1, 0.15) is 42.3 Å². The van der Waals surface area contributed by atoms with Crippen LogP contribution in [0.2, 0.25) is 0 Å². The van der Waals surface area contributed by atoms with Gasteiger partial charge in [-0.2, -0.15) is 13.2 Å². The normalized spacial score (nSPS) is 16.3. The lowest BCUT2D eigenvalue weighted by atomic mass is 10.2. The smallest absolute Gasteiger partial charge is 0.434 e. The van der Waals surface area contributed by atoms with E-state index in [0.717, 1.165) is 35.6 Å². The summed E-state index contributed by atoms with van der Waals surface area (Å²) in [5.41, 5.74) is -0.829. The van der Waals surface area contributed by atoms with Gasteiger partial charge in [-0.1, -0.05) is 0 Å². The fourth-order valence-corrected chi connectivity index (χ4v) is 4.09. The van der Waals surface area contributed by atoms with E-state index < -0.39 is 11.9 Å². The van der Waals surface area contributed by atoms with Crippen molar-refractivity contribution in [2.75, 3.05) is 32.7 Å². The van der Waals surface area contributed by atoms with Crippen molar-refractivity contribution >= 4 is 41.3 Å². The zero-order chi connectivity index (χ0) is 20.7.